The van der Waals surface area contributed by atoms with E-state index in [-0.39, 0.29) is 6.61 Å². The van der Waals surface area contributed by atoms with Gasteiger partial charge in [0.05, 0.1) is 0 Å². The largest absolute Gasteiger partial charge is 0.490 e. The Labute approximate surface area is 121 Å². The summed E-state index contributed by atoms with van der Waals surface area (Å²) in [5.74, 6) is 0.832. The summed E-state index contributed by atoms with van der Waals surface area (Å²) in [5.41, 5.74) is 5.53. The molecule has 0 saturated heterocycles. The molecule has 0 amide bonds. The molecular formula is C18H22O2. The molecule has 0 aliphatic heterocycles. The average Bonchev–Trinajstić information content (AvgIpc) is 2.36. The minimum Gasteiger partial charge on any atom is -0.490 e. The summed E-state index contributed by atoms with van der Waals surface area (Å²) in [7, 11) is 0. The van der Waals surface area contributed by atoms with Crippen LogP contribution in [-0.4, -0.2) is 11.7 Å². The quantitative estimate of drug-likeness (QED) is 0.908. The number of aliphatic hydroxyl groups is 1. The smallest absolute Gasteiger partial charge is 0.122 e. The molecule has 106 valence electrons. The lowest BCUT2D eigenvalue weighted by atomic mass is 10.0. The Kier molecular flexibility index (Phi) is 4.46. The van der Waals surface area contributed by atoms with E-state index in [2.05, 4.69) is 19.1 Å². The van der Waals surface area contributed by atoms with Crippen molar-refractivity contribution in [1.29, 1.82) is 0 Å². The van der Waals surface area contributed by atoms with E-state index in [9.17, 15) is 5.11 Å². The summed E-state index contributed by atoms with van der Waals surface area (Å²) in [5, 5.41) is 10.3. The van der Waals surface area contributed by atoms with Gasteiger partial charge in [-0.3, -0.25) is 0 Å². The number of rotatable bonds is 4. The van der Waals surface area contributed by atoms with Gasteiger partial charge in [0.2, 0.25) is 0 Å². The highest BCUT2D eigenvalue weighted by molar-refractivity contribution is 5.36. The fraction of sp³-hybridized carbons (Fsp3) is 0.333. The Morgan fingerprint density at radius 3 is 2.15 bits per heavy atom. The minimum absolute atomic E-state index is 0.271. The van der Waals surface area contributed by atoms with Gasteiger partial charge in [0.25, 0.3) is 0 Å². The van der Waals surface area contributed by atoms with Crippen molar-refractivity contribution < 1.29 is 9.84 Å². The van der Waals surface area contributed by atoms with Crippen molar-refractivity contribution in [3.05, 3.63) is 64.2 Å². The van der Waals surface area contributed by atoms with Gasteiger partial charge in [0.15, 0.2) is 0 Å². The third-order valence-corrected chi connectivity index (χ3v) is 3.36. The third-order valence-electron chi connectivity index (χ3n) is 3.36. The second-order valence-corrected chi connectivity index (χ2v) is 5.52. The summed E-state index contributed by atoms with van der Waals surface area (Å²) in [6.07, 6.45) is -0.602. The van der Waals surface area contributed by atoms with Gasteiger partial charge < -0.3 is 9.84 Å². The summed E-state index contributed by atoms with van der Waals surface area (Å²) < 4.78 is 5.74. The maximum Gasteiger partial charge on any atom is 0.122 e. The molecule has 0 fully saturated rings. The standard InChI is InChI=1S/C18H22O2/c1-12-5-6-18(15(4)8-12)20-11-17(19)16-9-13(2)7-14(3)10-16/h5-10,17,19H,11H2,1-4H3. The zero-order valence-corrected chi connectivity index (χ0v) is 12.6. The van der Waals surface area contributed by atoms with Crippen molar-refractivity contribution in [1.82, 2.24) is 0 Å². The number of hydrogen-bond acceptors (Lipinski definition) is 2. The summed E-state index contributed by atoms with van der Waals surface area (Å²) >= 11 is 0. The number of aryl methyl sites for hydroxylation is 4. The monoisotopic (exact) mass is 270 g/mol. The van der Waals surface area contributed by atoms with E-state index in [1.807, 2.05) is 45.0 Å². The van der Waals surface area contributed by atoms with E-state index in [1.165, 1.54) is 5.56 Å². The van der Waals surface area contributed by atoms with Gasteiger partial charge in [-0.1, -0.05) is 47.0 Å². The lowest BCUT2D eigenvalue weighted by Gasteiger charge is -2.15. The van der Waals surface area contributed by atoms with E-state index >= 15 is 0 Å². The van der Waals surface area contributed by atoms with Crippen LogP contribution >= 0.6 is 0 Å². The lowest BCUT2D eigenvalue weighted by molar-refractivity contribution is 0.107. The van der Waals surface area contributed by atoms with E-state index in [0.29, 0.717) is 0 Å². The highest BCUT2D eigenvalue weighted by Gasteiger charge is 2.10. The first-order valence-electron chi connectivity index (χ1n) is 6.92. The zero-order valence-electron chi connectivity index (χ0n) is 12.6. The molecule has 0 spiro atoms. The van der Waals surface area contributed by atoms with Crippen molar-refractivity contribution >= 4 is 0 Å². The number of ether oxygens (including phenoxy) is 1. The zero-order chi connectivity index (χ0) is 14.7. The number of aliphatic hydroxyl groups excluding tert-OH is 1. The molecule has 1 N–H and O–H groups in total. The van der Waals surface area contributed by atoms with Gasteiger partial charge in [0, 0.05) is 0 Å². The SMILES string of the molecule is Cc1cc(C)cc(C(O)COc2ccc(C)cc2C)c1. The topological polar surface area (TPSA) is 29.5 Å². The van der Waals surface area contributed by atoms with Gasteiger partial charge in [-0.2, -0.15) is 0 Å². The molecule has 2 rings (SSSR count). The van der Waals surface area contributed by atoms with E-state index in [0.717, 1.165) is 28.0 Å². The Balaban J connectivity index is 2.06. The molecule has 0 radical (unpaired) electrons. The first kappa shape index (κ1) is 14.6. The molecule has 20 heavy (non-hydrogen) atoms. The van der Waals surface area contributed by atoms with Gasteiger partial charge in [0.1, 0.15) is 18.5 Å². The summed E-state index contributed by atoms with van der Waals surface area (Å²) in [4.78, 5) is 0. The van der Waals surface area contributed by atoms with Crippen LogP contribution in [0.15, 0.2) is 36.4 Å². The second-order valence-electron chi connectivity index (χ2n) is 5.52. The van der Waals surface area contributed by atoms with Gasteiger partial charge in [-0.15, -0.1) is 0 Å². The first-order chi connectivity index (χ1) is 9.45. The molecule has 2 aromatic carbocycles. The normalized spacial score (nSPS) is 12.2. The van der Waals surface area contributed by atoms with Crippen molar-refractivity contribution in [2.24, 2.45) is 0 Å². The Bertz CT molecular complexity index is 582. The van der Waals surface area contributed by atoms with Crippen LogP contribution in [-0.2, 0) is 0 Å². The Morgan fingerprint density at radius 2 is 1.55 bits per heavy atom. The first-order valence-corrected chi connectivity index (χ1v) is 6.92. The van der Waals surface area contributed by atoms with Crippen LogP contribution in [0.1, 0.15) is 33.9 Å². The molecule has 0 saturated carbocycles. The Morgan fingerprint density at radius 1 is 0.900 bits per heavy atom. The number of benzene rings is 2. The van der Waals surface area contributed by atoms with E-state index in [4.69, 9.17) is 4.74 Å². The predicted molar refractivity (Wildman–Crippen MR) is 82.3 cm³/mol. The molecule has 2 aromatic rings. The fourth-order valence-corrected chi connectivity index (χ4v) is 2.43. The van der Waals surface area contributed by atoms with Crippen molar-refractivity contribution in [3.63, 3.8) is 0 Å². The van der Waals surface area contributed by atoms with Crippen LogP contribution in [0.3, 0.4) is 0 Å². The van der Waals surface area contributed by atoms with Gasteiger partial charge >= 0.3 is 0 Å². The van der Waals surface area contributed by atoms with Crippen LogP contribution in [0.4, 0.5) is 0 Å². The van der Waals surface area contributed by atoms with E-state index < -0.39 is 6.10 Å². The number of hydrogen-bond donors (Lipinski definition) is 1. The van der Waals surface area contributed by atoms with Crippen LogP contribution < -0.4 is 4.74 Å². The molecule has 1 atom stereocenters. The average molecular weight is 270 g/mol. The predicted octanol–water partition coefficient (Wildman–Crippen LogP) is 4.03. The molecule has 0 heterocycles. The Hall–Kier alpha value is -1.80. The minimum atomic E-state index is -0.602. The molecule has 2 heteroatoms. The van der Waals surface area contributed by atoms with Crippen LogP contribution in [0, 0.1) is 27.7 Å². The molecule has 0 aliphatic carbocycles. The van der Waals surface area contributed by atoms with Crippen molar-refractivity contribution in [2.45, 2.75) is 33.8 Å². The van der Waals surface area contributed by atoms with Crippen LogP contribution in [0.25, 0.3) is 0 Å². The maximum absolute atomic E-state index is 10.3. The lowest BCUT2D eigenvalue weighted by Crippen LogP contribution is -2.10. The highest BCUT2D eigenvalue weighted by Crippen LogP contribution is 2.22. The summed E-state index contributed by atoms with van der Waals surface area (Å²) in [6.45, 7) is 8.42. The van der Waals surface area contributed by atoms with Crippen LogP contribution in [0.5, 0.6) is 5.75 Å². The maximum atomic E-state index is 10.3. The van der Waals surface area contributed by atoms with Crippen LogP contribution in [0.2, 0.25) is 0 Å². The highest BCUT2D eigenvalue weighted by atomic mass is 16.5. The molecule has 0 aromatic heterocycles. The van der Waals surface area contributed by atoms with E-state index in [1.54, 1.807) is 0 Å². The fourth-order valence-electron chi connectivity index (χ4n) is 2.43. The summed E-state index contributed by atoms with van der Waals surface area (Å²) in [6, 6.07) is 12.2. The molecule has 0 aliphatic rings. The second kappa shape index (κ2) is 6.10. The molecule has 0 bridgehead atoms. The van der Waals surface area contributed by atoms with Gasteiger partial charge in [-0.25, -0.2) is 0 Å². The third kappa shape index (κ3) is 3.61. The molecule has 2 nitrogen and oxygen atoms in total. The molecular weight excluding hydrogens is 248 g/mol. The van der Waals surface area contributed by atoms with Crippen molar-refractivity contribution in [3.8, 4) is 5.75 Å². The van der Waals surface area contributed by atoms with Gasteiger partial charge in [-0.05, 0) is 44.9 Å². The van der Waals surface area contributed by atoms with Crippen molar-refractivity contribution in [2.75, 3.05) is 6.61 Å². The molecule has 1 unspecified atom stereocenters.